The molecule has 0 radical (unpaired) electrons. The van der Waals surface area contributed by atoms with Gasteiger partial charge < -0.3 is 0 Å². The topological polar surface area (TPSA) is 0 Å². The molecule has 0 spiro atoms. The predicted molar refractivity (Wildman–Crippen MR) is 84.0 cm³/mol. The Morgan fingerprint density at radius 3 is 2.44 bits per heavy atom. The predicted octanol–water partition coefficient (Wildman–Crippen LogP) is 5.41. The summed E-state index contributed by atoms with van der Waals surface area (Å²) in [7, 11) is -0.520. The molecule has 0 N–H and O–H groups in total. The van der Waals surface area contributed by atoms with Gasteiger partial charge in [0.1, 0.15) is 0 Å². The molecule has 0 aliphatic heterocycles. The molecule has 4 atom stereocenters. The smallest absolute Gasteiger partial charge is 0.0247 e. The first kappa shape index (κ1) is 14.4. The van der Waals surface area contributed by atoms with E-state index in [2.05, 4.69) is 51.1 Å². The molecule has 0 nitrogen and oxygen atoms in total. The van der Waals surface area contributed by atoms with Gasteiger partial charge in [-0.15, -0.1) is 0 Å². The molecular formula is C16H24ClP. The van der Waals surface area contributed by atoms with Gasteiger partial charge in [0, 0.05) is 12.9 Å². The van der Waals surface area contributed by atoms with Crippen molar-refractivity contribution in [3.63, 3.8) is 0 Å². The highest BCUT2D eigenvalue weighted by molar-refractivity contribution is 7.90. The van der Waals surface area contributed by atoms with Crippen LogP contribution in [0.2, 0.25) is 0 Å². The molecule has 1 fully saturated rings. The van der Waals surface area contributed by atoms with E-state index in [4.69, 9.17) is 11.2 Å². The number of rotatable bonds is 3. The Labute approximate surface area is 118 Å². The van der Waals surface area contributed by atoms with Crippen LogP contribution in [-0.2, 0) is 0 Å². The third-order valence-electron chi connectivity index (χ3n) is 4.28. The van der Waals surface area contributed by atoms with E-state index in [1.54, 1.807) is 0 Å². The Balaban J connectivity index is 2.17. The molecule has 1 saturated carbocycles. The van der Waals surface area contributed by atoms with Gasteiger partial charge in [0.15, 0.2) is 0 Å². The van der Waals surface area contributed by atoms with E-state index in [1.165, 1.54) is 24.6 Å². The highest BCUT2D eigenvalue weighted by atomic mass is 35.7. The minimum Gasteiger partial charge on any atom is -0.0909 e. The highest BCUT2D eigenvalue weighted by Gasteiger charge is 2.35. The van der Waals surface area contributed by atoms with Gasteiger partial charge in [-0.2, -0.15) is 0 Å². The molecule has 18 heavy (non-hydrogen) atoms. The molecule has 1 aliphatic carbocycles. The number of hydrogen-bond acceptors (Lipinski definition) is 0. The van der Waals surface area contributed by atoms with Crippen LogP contribution in [-0.4, -0.2) is 5.66 Å². The molecule has 0 amide bonds. The summed E-state index contributed by atoms with van der Waals surface area (Å²) < 4.78 is 0. The second kappa shape index (κ2) is 6.40. The van der Waals surface area contributed by atoms with Gasteiger partial charge in [-0.1, -0.05) is 68.8 Å². The summed E-state index contributed by atoms with van der Waals surface area (Å²) in [5, 5.41) is 1.36. The normalized spacial score (nSPS) is 30.4. The Morgan fingerprint density at radius 1 is 1.17 bits per heavy atom. The Bertz CT molecular complexity index is 363. The van der Waals surface area contributed by atoms with Crippen molar-refractivity contribution in [1.29, 1.82) is 0 Å². The van der Waals surface area contributed by atoms with Crippen molar-refractivity contribution in [1.82, 2.24) is 0 Å². The monoisotopic (exact) mass is 282 g/mol. The van der Waals surface area contributed by atoms with Crippen LogP contribution in [0.15, 0.2) is 30.3 Å². The van der Waals surface area contributed by atoms with Crippen LogP contribution < -0.4 is 5.30 Å². The van der Waals surface area contributed by atoms with Crippen molar-refractivity contribution in [2.45, 2.75) is 45.7 Å². The maximum absolute atomic E-state index is 6.85. The highest BCUT2D eigenvalue weighted by Crippen LogP contribution is 2.55. The van der Waals surface area contributed by atoms with Crippen molar-refractivity contribution < 1.29 is 0 Å². The molecule has 1 aliphatic rings. The van der Waals surface area contributed by atoms with Crippen molar-refractivity contribution in [3.05, 3.63) is 30.3 Å². The van der Waals surface area contributed by atoms with Crippen LogP contribution in [0, 0.1) is 17.8 Å². The Hall–Kier alpha value is -0.0600. The summed E-state index contributed by atoms with van der Waals surface area (Å²) >= 11 is 6.85. The fraction of sp³-hybridized carbons (Fsp3) is 0.625. The molecular weight excluding hydrogens is 259 g/mol. The molecule has 0 bridgehead atoms. The molecule has 1 aromatic carbocycles. The number of halogens is 1. The van der Waals surface area contributed by atoms with Gasteiger partial charge in [-0.3, -0.25) is 0 Å². The second-order valence-corrected chi connectivity index (χ2v) is 8.93. The summed E-state index contributed by atoms with van der Waals surface area (Å²) in [5.74, 6) is 2.41. The molecule has 1 aromatic rings. The molecule has 100 valence electrons. The molecule has 0 saturated heterocycles. The van der Waals surface area contributed by atoms with Gasteiger partial charge in [-0.05, 0) is 35.9 Å². The molecule has 2 rings (SSSR count). The maximum atomic E-state index is 6.85. The fourth-order valence-corrected chi connectivity index (χ4v) is 6.40. The summed E-state index contributed by atoms with van der Waals surface area (Å²) in [6.45, 7) is 7.10. The van der Waals surface area contributed by atoms with Crippen LogP contribution in [0.3, 0.4) is 0 Å². The van der Waals surface area contributed by atoms with E-state index < -0.39 is 7.27 Å². The lowest BCUT2D eigenvalue weighted by atomic mass is 9.77. The summed E-state index contributed by atoms with van der Waals surface area (Å²) in [4.78, 5) is 0. The fourth-order valence-electron chi connectivity index (χ4n) is 3.17. The van der Waals surface area contributed by atoms with E-state index in [0.717, 1.165) is 17.8 Å². The quantitative estimate of drug-likeness (QED) is 0.650. The van der Waals surface area contributed by atoms with Gasteiger partial charge in [0.05, 0.1) is 0 Å². The average molecular weight is 283 g/mol. The van der Waals surface area contributed by atoms with Crippen LogP contribution in [0.25, 0.3) is 0 Å². The van der Waals surface area contributed by atoms with Gasteiger partial charge in [0.25, 0.3) is 0 Å². The van der Waals surface area contributed by atoms with Crippen molar-refractivity contribution in [2.24, 2.45) is 17.8 Å². The Morgan fingerprint density at radius 2 is 1.83 bits per heavy atom. The zero-order valence-electron chi connectivity index (χ0n) is 11.6. The lowest BCUT2D eigenvalue weighted by Gasteiger charge is -2.39. The Kier molecular flexibility index (Phi) is 5.10. The van der Waals surface area contributed by atoms with E-state index in [9.17, 15) is 0 Å². The van der Waals surface area contributed by atoms with E-state index in [0.29, 0.717) is 5.66 Å². The number of benzene rings is 1. The van der Waals surface area contributed by atoms with Crippen LogP contribution in [0.5, 0.6) is 0 Å². The molecule has 0 heterocycles. The zero-order valence-corrected chi connectivity index (χ0v) is 13.3. The standard InChI is InChI=1S/C16H24ClP/c1-12(2)15-10-9-13(3)11-16(15)18(17)14-7-5-4-6-8-14/h4-8,12-13,15-16H,9-11H2,1-3H3/t13-,15+,16-,18?/m1/s1. The first-order valence-electron chi connectivity index (χ1n) is 7.09. The van der Waals surface area contributed by atoms with Gasteiger partial charge >= 0.3 is 0 Å². The first-order valence-corrected chi connectivity index (χ1v) is 9.41. The maximum Gasteiger partial charge on any atom is 0.0247 e. The molecule has 0 aromatic heterocycles. The largest absolute Gasteiger partial charge is 0.0909 e. The van der Waals surface area contributed by atoms with Crippen molar-refractivity contribution in [2.75, 3.05) is 0 Å². The average Bonchev–Trinajstić information content (AvgIpc) is 2.38. The second-order valence-electron chi connectivity index (χ2n) is 6.04. The van der Waals surface area contributed by atoms with Crippen LogP contribution in [0.4, 0.5) is 0 Å². The SMILES string of the molecule is CC(C)[C@@H]1CC[C@@H](C)C[C@H]1P(Cl)c1ccccc1. The summed E-state index contributed by atoms with van der Waals surface area (Å²) in [6, 6.07) is 10.7. The lowest BCUT2D eigenvalue weighted by molar-refractivity contribution is 0.242. The van der Waals surface area contributed by atoms with E-state index in [-0.39, 0.29) is 0 Å². The van der Waals surface area contributed by atoms with E-state index in [1.807, 2.05) is 0 Å². The van der Waals surface area contributed by atoms with Gasteiger partial charge in [-0.25, -0.2) is 0 Å². The lowest BCUT2D eigenvalue weighted by Crippen LogP contribution is -2.31. The summed E-state index contributed by atoms with van der Waals surface area (Å²) in [5.41, 5.74) is 0.702. The molecule has 1 unspecified atom stereocenters. The zero-order chi connectivity index (χ0) is 13.1. The first-order chi connectivity index (χ1) is 8.59. The third kappa shape index (κ3) is 3.28. The van der Waals surface area contributed by atoms with Crippen LogP contribution in [0.1, 0.15) is 40.0 Å². The minimum absolute atomic E-state index is 0.520. The molecule has 2 heteroatoms. The van der Waals surface area contributed by atoms with Crippen molar-refractivity contribution in [3.8, 4) is 0 Å². The third-order valence-corrected chi connectivity index (χ3v) is 7.59. The number of hydrogen-bond donors (Lipinski definition) is 0. The van der Waals surface area contributed by atoms with Crippen molar-refractivity contribution >= 4 is 23.8 Å². The summed E-state index contributed by atoms with van der Waals surface area (Å²) in [6.07, 6.45) is 4.06. The van der Waals surface area contributed by atoms with E-state index >= 15 is 0 Å². The van der Waals surface area contributed by atoms with Gasteiger partial charge in [0.2, 0.25) is 0 Å². The minimum atomic E-state index is -0.520. The van der Waals surface area contributed by atoms with Crippen LogP contribution >= 0.6 is 18.5 Å².